The van der Waals surface area contributed by atoms with Gasteiger partial charge in [-0.15, -0.1) is 0 Å². The molecule has 0 saturated carbocycles. The van der Waals surface area contributed by atoms with Gasteiger partial charge in [0, 0.05) is 35.2 Å². The Bertz CT molecular complexity index is 3100. The van der Waals surface area contributed by atoms with Crippen molar-refractivity contribution >= 4 is 39.2 Å². The van der Waals surface area contributed by atoms with Crippen LogP contribution in [0.1, 0.15) is 41.7 Å². The summed E-state index contributed by atoms with van der Waals surface area (Å²) in [7, 11) is 0. The lowest BCUT2D eigenvalue weighted by Gasteiger charge is -2.23. The van der Waals surface area contributed by atoms with Gasteiger partial charge in [-0.1, -0.05) is 184 Å². The number of hydrogen-bond acceptors (Lipinski definition) is 3. The van der Waals surface area contributed by atoms with Gasteiger partial charge in [-0.05, 0) is 101 Å². The molecule has 1 heterocycles. The maximum absolute atomic E-state index is 8.94. The summed E-state index contributed by atoms with van der Waals surface area (Å²) >= 11 is 0. The van der Waals surface area contributed by atoms with E-state index in [1.165, 1.54) is 55.3 Å². The Kier molecular flexibility index (Phi) is 8.99. The second-order valence-corrected chi connectivity index (χ2v) is 15.8. The van der Waals surface area contributed by atoms with Gasteiger partial charge in [-0.25, -0.2) is 0 Å². The molecule has 3 heteroatoms. The summed E-state index contributed by atoms with van der Waals surface area (Å²) in [5.74, 6) is 0. The molecule has 280 valence electrons. The molecule has 1 N–H and O–H groups in total. The van der Waals surface area contributed by atoms with Crippen LogP contribution in [0.5, 0.6) is 0 Å². The molecule has 0 aliphatic heterocycles. The molecule has 3 nitrogen and oxygen atoms in total. The average Bonchev–Trinajstić information content (AvgIpc) is 3.53. The fraction of sp³-hybridized carbons (Fsp3) is 0.0536. The predicted octanol–water partition coefficient (Wildman–Crippen LogP) is 14.2. The Labute approximate surface area is 345 Å². The van der Waals surface area contributed by atoms with E-state index in [-0.39, 0.29) is 5.41 Å². The topological polar surface area (TPSA) is 49.1 Å². The Morgan fingerprint density at radius 1 is 0.525 bits per heavy atom. The van der Waals surface area contributed by atoms with Crippen LogP contribution in [0.25, 0.3) is 71.7 Å². The summed E-state index contributed by atoms with van der Waals surface area (Å²) in [5, 5.41) is 13.9. The van der Waals surface area contributed by atoms with Gasteiger partial charge in [0.1, 0.15) is 0 Å². The fourth-order valence-corrected chi connectivity index (χ4v) is 8.85. The van der Waals surface area contributed by atoms with Crippen LogP contribution in [0, 0.1) is 5.41 Å². The first-order valence-electron chi connectivity index (χ1n) is 20.1. The second-order valence-electron chi connectivity index (χ2n) is 15.8. The van der Waals surface area contributed by atoms with Gasteiger partial charge < -0.3 is 5.41 Å². The van der Waals surface area contributed by atoms with Crippen molar-refractivity contribution in [3.05, 3.63) is 228 Å². The van der Waals surface area contributed by atoms with Crippen LogP contribution in [0.2, 0.25) is 0 Å². The predicted molar refractivity (Wildman–Crippen MR) is 248 cm³/mol. The zero-order valence-electron chi connectivity index (χ0n) is 33.0. The Balaban J connectivity index is 0.964. The molecule has 0 bridgehead atoms. The highest BCUT2D eigenvalue weighted by Crippen LogP contribution is 2.52. The van der Waals surface area contributed by atoms with Crippen molar-refractivity contribution in [2.24, 2.45) is 4.99 Å². The number of allylic oxidation sites excluding steroid dienone is 1. The van der Waals surface area contributed by atoms with Crippen molar-refractivity contribution in [3.63, 3.8) is 0 Å². The maximum atomic E-state index is 8.94. The second kappa shape index (κ2) is 14.8. The number of benzene rings is 8. The Hall–Kier alpha value is -7.49. The molecule has 1 aliphatic rings. The normalized spacial score (nSPS) is 13.2. The van der Waals surface area contributed by atoms with Crippen molar-refractivity contribution in [2.75, 3.05) is 0 Å². The third kappa shape index (κ3) is 6.57. The number of hydrogen-bond donors (Lipinski definition) is 1. The first-order chi connectivity index (χ1) is 28.9. The number of pyridine rings is 1. The molecule has 0 saturated heterocycles. The van der Waals surface area contributed by atoms with Crippen LogP contribution >= 0.6 is 0 Å². The highest BCUT2D eigenvalue weighted by atomic mass is 14.7. The molecule has 0 spiro atoms. The van der Waals surface area contributed by atoms with Gasteiger partial charge >= 0.3 is 0 Å². The zero-order valence-corrected chi connectivity index (χ0v) is 33.0. The van der Waals surface area contributed by atoms with Gasteiger partial charge in [0.15, 0.2) is 0 Å². The first kappa shape index (κ1) is 35.9. The molecule has 1 aliphatic carbocycles. The molecule has 0 radical (unpaired) electrons. The highest BCUT2D eigenvalue weighted by Gasteiger charge is 2.37. The minimum atomic E-state index is -0.101. The quantitative estimate of drug-likeness (QED) is 0.154. The number of nitrogens with one attached hydrogen (secondary N) is 1. The number of fused-ring (bicyclic) bond motifs is 6. The van der Waals surface area contributed by atoms with E-state index in [9.17, 15) is 0 Å². The highest BCUT2D eigenvalue weighted by molar-refractivity contribution is 6.12. The first-order valence-corrected chi connectivity index (χ1v) is 20.1. The van der Waals surface area contributed by atoms with Crippen molar-refractivity contribution in [2.45, 2.75) is 19.3 Å². The van der Waals surface area contributed by atoms with Crippen molar-refractivity contribution in [1.29, 1.82) is 5.41 Å². The van der Waals surface area contributed by atoms with Crippen LogP contribution in [-0.2, 0) is 5.41 Å². The van der Waals surface area contributed by atoms with Crippen molar-refractivity contribution in [1.82, 2.24) is 4.98 Å². The molecular weight excluding hydrogens is 715 g/mol. The minimum Gasteiger partial charge on any atom is -0.300 e. The number of aromatic nitrogens is 1. The van der Waals surface area contributed by atoms with E-state index in [4.69, 9.17) is 10.4 Å². The van der Waals surface area contributed by atoms with Crippen LogP contribution in [0.3, 0.4) is 0 Å². The molecule has 10 rings (SSSR count). The molecule has 0 atom stereocenters. The third-order valence-corrected chi connectivity index (χ3v) is 11.9. The smallest absolute Gasteiger partial charge is 0.0723 e. The third-order valence-electron chi connectivity index (χ3n) is 11.9. The van der Waals surface area contributed by atoms with E-state index < -0.39 is 0 Å². The summed E-state index contributed by atoms with van der Waals surface area (Å²) in [6, 6.07) is 64.3. The lowest BCUT2D eigenvalue weighted by Crippen LogP contribution is -2.15. The van der Waals surface area contributed by atoms with Gasteiger partial charge in [-0.2, -0.15) is 0 Å². The fourth-order valence-electron chi connectivity index (χ4n) is 8.85. The SMILES string of the molecule is CC1(C)c2cc(-c3ccc(-c4ccc(C=N/C(=C\C(=N)c5ccccc5)c5ccc(-c6cccnc6)cc5)c5ccccc45)cc3)ccc2-c2ccc3ccccc3c21. The van der Waals surface area contributed by atoms with Crippen LogP contribution in [0.4, 0.5) is 0 Å². The number of rotatable bonds is 8. The summed E-state index contributed by atoms with van der Waals surface area (Å²) in [4.78, 5) is 9.36. The molecule has 0 fully saturated rings. The van der Waals surface area contributed by atoms with E-state index in [1.54, 1.807) is 6.20 Å². The van der Waals surface area contributed by atoms with Gasteiger partial charge in [0.25, 0.3) is 0 Å². The van der Waals surface area contributed by atoms with Crippen molar-refractivity contribution < 1.29 is 0 Å². The van der Waals surface area contributed by atoms with Crippen LogP contribution in [0.15, 0.2) is 205 Å². The monoisotopic (exact) mass is 755 g/mol. The van der Waals surface area contributed by atoms with Gasteiger partial charge in [0.05, 0.1) is 11.4 Å². The Morgan fingerprint density at radius 3 is 1.95 bits per heavy atom. The van der Waals surface area contributed by atoms with Crippen molar-refractivity contribution in [3.8, 4) is 44.5 Å². The van der Waals surface area contributed by atoms with E-state index >= 15 is 0 Å². The van der Waals surface area contributed by atoms with E-state index in [2.05, 4.69) is 164 Å². The Morgan fingerprint density at radius 2 is 1.17 bits per heavy atom. The zero-order chi connectivity index (χ0) is 39.9. The molecule has 59 heavy (non-hydrogen) atoms. The van der Waals surface area contributed by atoms with Gasteiger partial charge in [0.2, 0.25) is 0 Å². The largest absolute Gasteiger partial charge is 0.300 e. The number of aliphatic imine (C=N–C) groups is 1. The molecule has 0 amide bonds. The molecule has 1 aromatic heterocycles. The summed E-state index contributed by atoms with van der Waals surface area (Å²) < 4.78 is 0. The van der Waals surface area contributed by atoms with E-state index in [0.29, 0.717) is 11.4 Å². The number of nitrogens with zero attached hydrogens (tertiary/aromatic N) is 2. The van der Waals surface area contributed by atoms with Crippen LogP contribution in [-0.4, -0.2) is 16.9 Å². The minimum absolute atomic E-state index is 0.101. The molecular formula is C56H41N3. The molecule has 8 aromatic carbocycles. The summed E-state index contributed by atoms with van der Waals surface area (Å²) in [6.45, 7) is 4.73. The van der Waals surface area contributed by atoms with E-state index in [1.807, 2.05) is 54.9 Å². The summed E-state index contributed by atoms with van der Waals surface area (Å²) in [6.07, 6.45) is 7.44. The lowest BCUT2D eigenvalue weighted by atomic mass is 9.79. The van der Waals surface area contributed by atoms with Gasteiger partial charge in [-0.3, -0.25) is 9.98 Å². The van der Waals surface area contributed by atoms with E-state index in [0.717, 1.165) is 38.6 Å². The van der Waals surface area contributed by atoms with Crippen LogP contribution < -0.4 is 0 Å². The average molecular weight is 756 g/mol. The standard InChI is InChI=1S/C56H41N3/c1-56(2)52-33-43(27-30-50(52)51-31-26-39-11-6-7-16-48(39)55(51)56)37-18-22-40(23-19-37)47-29-28-45(46-15-8-9-17-49(46)47)36-59-54(34-53(57)41-12-4-3-5-13-41)42-24-20-38(21-25-42)44-14-10-32-58-35-44/h3-36,57H,1-2H3/b54-34-,57-53?,59-36?. The summed E-state index contributed by atoms with van der Waals surface area (Å²) in [5.41, 5.74) is 16.2. The lowest BCUT2D eigenvalue weighted by molar-refractivity contribution is 0.666. The molecule has 0 unspecified atom stereocenters. The molecule has 9 aromatic rings. The maximum Gasteiger partial charge on any atom is 0.0723 e.